The van der Waals surface area contributed by atoms with E-state index in [1.165, 1.54) is 0 Å². The number of nitrogens with one attached hydrogen (secondary N) is 2. The molecule has 4 heterocycles. The quantitative estimate of drug-likeness (QED) is 0.0683. The Morgan fingerprint density at radius 3 is 2.57 bits per heavy atom. The van der Waals surface area contributed by atoms with Gasteiger partial charge in [-0.2, -0.15) is 0 Å². The first-order valence-corrected chi connectivity index (χ1v) is 30.8. The zero-order chi connectivity index (χ0) is 52.1. The summed E-state index contributed by atoms with van der Waals surface area (Å²) in [4.78, 5) is 13.0. The Hall–Kier alpha value is -2.13. The Morgan fingerprint density at radius 2 is 1.78 bits per heavy atom. The lowest BCUT2D eigenvalue weighted by molar-refractivity contribution is -0.424. The fraction of sp³-hybridized carbons (Fsp3) is 0.807. The third-order valence-corrected chi connectivity index (χ3v) is 23.5. The summed E-state index contributed by atoms with van der Waals surface area (Å²) in [6, 6.07) is 3.65. The highest BCUT2D eigenvalue weighted by Gasteiger charge is 2.78. The van der Waals surface area contributed by atoms with E-state index >= 15 is 0 Å². The van der Waals surface area contributed by atoms with Crippen LogP contribution in [0.5, 0.6) is 11.5 Å². The summed E-state index contributed by atoms with van der Waals surface area (Å²) in [5, 5.41) is 96.8. The van der Waals surface area contributed by atoms with E-state index in [0.29, 0.717) is 41.3 Å². The van der Waals surface area contributed by atoms with E-state index in [1.54, 1.807) is 36.1 Å². The number of aliphatic hydroxyl groups is 7. The van der Waals surface area contributed by atoms with Gasteiger partial charge >= 0.3 is 5.97 Å². The minimum absolute atomic E-state index is 0.00485. The van der Waals surface area contributed by atoms with E-state index in [0.717, 1.165) is 103 Å². The second-order valence-corrected chi connectivity index (χ2v) is 27.0. The van der Waals surface area contributed by atoms with Crippen molar-refractivity contribution in [1.82, 2.24) is 10.6 Å². The molecule has 16 atom stereocenters. The van der Waals surface area contributed by atoms with E-state index in [9.17, 15) is 40.5 Å². The molecule has 3 spiro atoms. The Balaban J connectivity index is 1.16. The van der Waals surface area contributed by atoms with Crippen molar-refractivity contribution in [2.75, 3.05) is 45.7 Å². The lowest BCUT2D eigenvalue weighted by atomic mass is 9.50. The highest BCUT2D eigenvalue weighted by atomic mass is 33.1. The number of rotatable bonds is 10. The summed E-state index contributed by atoms with van der Waals surface area (Å²) >= 11 is 0. The first kappa shape index (κ1) is 55.2. The maximum atomic E-state index is 13.8. The van der Waals surface area contributed by atoms with Crippen molar-refractivity contribution < 1.29 is 63.9 Å². The molecule has 17 heteroatoms. The molecule has 2 aromatic rings. The molecule has 5 bridgehead atoms. The highest BCUT2D eigenvalue weighted by Crippen LogP contribution is 2.69. The van der Waals surface area contributed by atoms with E-state index in [4.69, 9.17) is 23.4 Å². The second-order valence-electron chi connectivity index (χ2n) is 24.3. The maximum absolute atomic E-state index is 13.8. The van der Waals surface area contributed by atoms with Crippen LogP contribution in [0.25, 0.3) is 11.0 Å². The Kier molecular flexibility index (Phi) is 16.5. The van der Waals surface area contributed by atoms with E-state index in [-0.39, 0.29) is 78.3 Å². The molecular weight excluding hydrogens is 985 g/mol. The van der Waals surface area contributed by atoms with Crippen LogP contribution in [-0.2, 0) is 20.7 Å². The van der Waals surface area contributed by atoms with Crippen molar-refractivity contribution in [3.63, 3.8) is 0 Å². The van der Waals surface area contributed by atoms with Crippen LogP contribution in [-0.4, -0.2) is 145 Å². The van der Waals surface area contributed by atoms with Crippen LogP contribution >= 0.6 is 21.6 Å². The van der Waals surface area contributed by atoms with Crippen LogP contribution in [0.2, 0.25) is 0 Å². The maximum Gasteiger partial charge on any atom is 0.306 e. The van der Waals surface area contributed by atoms with Gasteiger partial charge < -0.3 is 69.7 Å². The van der Waals surface area contributed by atoms with Crippen LogP contribution in [0.4, 0.5) is 0 Å². The number of esters is 1. The van der Waals surface area contributed by atoms with Gasteiger partial charge in [0.15, 0.2) is 16.9 Å². The third kappa shape index (κ3) is 9.70. The van der Waals surface area contributed by atoms with Crippen molar-refractivity contribution in [1.29, 1.82) is 0 Å². The fourth-order valence-corrected chi connectivity index (χ4v) is 20.6. The summed E-state index contributed by atoms with van der Waals surface area (Å²) in [6.45, 7) is 5.29. The number of carbonyl (C=O) groups excluding carboxylic acids is 1. The monoisotopic (exact) mass is 1070 g/mol. The number of furan rings is 1. The summed E-state index contributed by atoms with van der Waals surface area (Å²) in [7, 11) is 5.45. The lowest BCUT2D eigenvalue weighted by Crippen LogP contribution is -2.86. The summed E-state index contributed by atoms with van der Waals surface area (Å²) in [5.74, 6) is -1.80. The molecule has 15 nitrogen and oxygen atoms in total. The van der Waals surface area contributed by atoms with Crippen molar-refractivity contribution in [3.05, 3.63) is 36.1 Å². The number of aliphatic hydroxyl groups excluding tert-OH is 4. The zero-order valence-electron chi connectivity index (χ0n) is 44.0. The largest absolute Gasteiger partial charge is 0.485 e. The lowest BCUT2D eigenvalue weighted by Gasteiger charge is -2.67. The van der Waals surface area contributed by atoms with Gasteiger partial charge in [-0.15, -0.1) is 0 Å². The number of hydrogen-bond acceptors (Lipinski definition) is 17. The summed E-state index contributed by atoms with van der Waals surface area (Å²) in [6.07, 6.45) is 13.8. The minimum Gasteiger partial charge on any atom is -0.485 e. The molecule has 8 aliphatic rings. The average molecular weight is 1070 g/mol. The van der Waals surface area contributed by atoms with Crippen LogP contribution in [0.1, 0.15) is 141 Å². The van der Waals surface area contributed by atoms with Gasteiger partial charge in [-0.05, 0) is 157 Å². The Bertz CT molecular complexity index is 2300. The van der Waals surface area contributed by atoms with Crippen LogP contribution in [0.15, 0.2) is 35.0 Å². The molecule has 4 saturated carbocycles. The number of hydrogen-bond donors (Lipinski definition) is 9. The molecule has 1 aromatic carbocycles. The number of benzene rings is 1. The molecule has 1 aromatic heterocycles. The minimum atomic E-state index is -2.49. The van der Waals surface area contributed by atoms with Gasteiger partial charge in [-0.1, -0.05) is 72.8 Å². The SMILES string of the molecule is CCOC(=O)CCc1cc2ccoc2c2c1O[C@@H]1O[C@@]3(CSS[C@]4(CC[C@]5(CC[C@H](CNC)C5)[C@H]4CCC4(O)CCCCC4)[C@H](CC[C@H](C)CCC[C@H]3O)NCCO2)[C@]2(O)C[C@@H]3C=C[C@H](O)[C@@H](CO)[C@H]3[C@@]1(O)[C@H]2O. The number of fused-ring (bicyclic) bond motifs is 11. The standard InChI is InChI=1S/C57H86N2O13S2/c1-4-68-45(63)16-13-37-29-38-19-27-69-47(38)49-48(37)71-51-57(67)46-39(12-14-41(61)40(46)33-60)31-55(66,50(57)64)56(72-51)34-73-74-54(43(59-26-28-70-49)15-11-35(2)9-8-10-44(56)62)25-24-52(22-17-36(30-52)32-58-3)42(54)18-23-53(65)20-6-5-7-21-53/h12,14,19,27,29,35-36,39-44,46,50-51,58-62,64-67H,4-11,13,15-18,20-26,28,30-34H2,1-3H3/t35-,36+,39+,40-,41+,42-,43+,44-,46+,50+,51-,52+,54+,55+,56-,57-/m1/s1. The molecule has 6 fully saturated rings. The van der Waals surface area contributed by atoms with Crippen molar-refractivity contribution in [2.24, 2.45) is 40.9 Å². The first-order valence-electron chi connectivity index (χ1n) is 28.4. The molecular formula is C57H86N2O13S2. The number of ether oxygens (including phenoxy) is 4. The van der Waals surface area contributed by atoms with E-state index in [1.807, 2.05) is 30.0 Å². The van der Waals surface area contributed by atoms with Gasteiger partial charge in [0, 0.05) is 53.3 Å². The van der Waals surface area contributed by atoms with Crippen molar-refractivity contribution in [2.45, 2.75) is 200 Å². The zero-order valence-corrected chi connectivity index (χ0v) is 45.7. The Morgan fingerprint density at radius 1 is 0.959 bits per heavy atom. The third-order valence-electron chi connectivity index (χ3n) is 20.1. The van der Waals surface area contributed by atoms with Crippen LogP contribution < -0.4 is 20.1 Å². The van der Waals surface area contributed by atoms with Crippen LogP contribution in [0.3, 0.4) is 0 Å². The summed E-state index contributed by atoms with van der Waals surface area (Å²) in [5.41, 5.74) is -6.48. The predicted molar refractivity (Wildman–Crippen MR) is 285 cm³/mol. The van der Waals surface area contributed by atoms with Gasteiger partial charge in [-0.3, -0.25) is 4.79 Å². The molecule has 10 rings (SSSR count). The molecule has 414 valence electrons. The van der Waals surface area contributed by atoms with Crippen molar-refractivity contribution in [3.8, 4) is 11.5 Å². The highest BCUT2D eigenvalue weighted by molar-refractivity contribution is 8.77. The molecule has 0 radical (unpaired) electrons. The second kappa shape index (κ2) is 22.2. The van der Waals surface area contributed by atoms with Crippen molar-refractivity contribution >= 4 is 38.5 Å². The molecule has 0 unspecified atom stereocenters. The molecule has 9 N–H and O–H groups in total. The predicted octanol–water partition coefficient (Wildman–Crippen LogP) is 6.72. The molecule has 2 saturated heterocycles. The molecule has 74 heavy (non-hydrogen) atoms. The van der Waals surface area contributed by atoms with Gasteiger partial charge in [0.1, 0.15) is 23.9 Å². The topological polar surface area (TPSA) is 233 Å². The number of carbonyl (C=O) groups is 1. The first-order chi connectivity index (χ1) is 35.6. The molecule has 3 aliphatic heterocycles. The normalized spacial score (nSPS) is 42.4. The number of allylic oxidation sites excluding steroid dienone is 1. The van der Waals surface area contributed by atoms with E-state index in [2.05, 4.69) is 17.6 Å². The molecule has 5 aliphatic carbocycles. The van der Waals surface area contributed by atoms with Gasteiger partial charge in [0.05, 0.1) is 30.7 Å². The van der Waals surface area contributed by atoms with Crippen LogP contribution in [0, 0.1) is 40.9 Å². The molecule has 0 amide bonds. The van der Waals surface area contributed by atoms with E-state index < -0.39 is 77.3 Å². The number of aryl methyl sites for hydroxylation is 1. The van der Waals surface area contributed by atoms with Gasteiger partial charge in [0.25, 0.3) is 0 Å². The average Bonchev–Trinajstić information content (AvgIpc) is 4.10. The summed E-state index contributed by atoms with van der Waals surface area (Å²) < 4.78 is 32.6. The Labute approximate surface area is 445 Å². The fourth-order valence-electron chi connectivity index (χ4n) is 16.4. The van der Waals surface area contributed by atoms with Gasteiger partial charge in [0.2, 0.25) is 12.0 Å². The van der Waals surface area contributed by atoms with Gasteiger partial charge in [-0.25, -0.2) is 0 Å². The smallest absolute Gasteiger partial charge is 0.306 e.